The van der Waals surface area contributed by atoms with Crippen LogP contribution in [-0.4, -0.2) is 26.4 Å². The van der Waals surface area contributed by atoms with Crippen LogP contribution in [0.4, 0.5) is 35.1 Å². The van der Waals surface area contributed by atoms with Crippen molar-refractivity contribution in [3.05, 3.63) is 0 Å². The van der Waals surface area contributed by atoms with Crippen LogP contribution in [0.25, 0.3) is 0 Å². The summed E-state index contributed by atoms with van der Waals surface area (Å²) in [6.07, 6.45) is -6.30. The molecule has 0 fully saturated rings. The molecule has 0 bridgehead atoms. The summed E-state index contributed by atoms with van der Waals surface area (Å²) in [7, 11) is 0. The average Bonchev–Trinajstić information content (AvgIpc) is 2.15. The van der Waals surface area contributed by atoms with E-state index in [-0.39, 0.29) is 6.07 Å². The minimum absolute atomic E-state index is 0.149. The van der Waals surface area contributed by atoms with Gasteiger partial charge in [0, 0.05) is 0 Å². The molecule has 3 atom stereocenters. The lowest BCUT2D eigenvalue weighted by atomic mass is 10.0. The second kappa shape index (κ2) is 4.63. The quantitative estimate of drug-likeness (QED) is 0.466. The maximum Gasteiger partial charge on any atom is 0.441 e. The zero-order chi connectivity index (χ0) is 15.2. The Morgan fingerprint density at radius 3 is 1.44 bits per heavy atom. The predicted molar refractivity (Wildman–Crippen MR) is 51.8 cm³/mol. The zero-order valence-corrected chi connectivity index (χ0v) is 11.5. The van der Waals surface area contributed by atoms with Crippen LogP contribution < -0.4 is 0 Å². The van der Waals surface area contributed by atoms with Gasteiger partial charge < -0.3 is 0 Å². The maximum atomic E-state index is 13.3. The molecule has 0 amide bonds. The Morgan fingerprint density at radius 1 is 0.889 bits per heavy atom. The van der Waals surface area contributed by atoms with E-state index in [0.717, 1.165) is 15.9 Å². The third-order valence-corrected chi connectivity index (χ3v) is 4.10. The zero-order valence-electron chi connectivity index (χ0n) is 7.60. The monoisotopic (exact) mass is 431 g/mol. The van der Waals surface area contributed by atoms with Crippen molar-refractivity contribution in [1.29, 1.82) is 5.26 Å². The molecule has 0 aliphatic heterocycles. The fourth-order valence-electron chi connectivity index (χ4n) is 0.643. The molecule has 1 nitrogen and oxygen atoms in total. The third-order valence-electron chi connectivity index (χ3n) is 1.68. The van der Waals surface area contributed by atoms with Gasteiger partial charge in [0.2, 0.25) is 0 Å². The molecular formula is C6Br2ClF8N. The van der Waals surface area contributed by atoms with Crippen LogP contribution in [0.15, 0.2) is 0 Å². The molecule has 0 N–H and O–H groups in total. The van der Waals surface area contributed by atoms with E-state index in [1.807, 2.05) is 0 Å². The molecule has 0 radical (unpaired) electrons. The summed E-state index contributed by atoms with van der Waals surface area (Å²) in [4.78, 5) is 0. The van der Waals surface area contributed by atoms with Crippen molar-refractivity contribution in [3.8, 4) is 6.07 Å². The average molecular weight is 433 g/mol. The molecule has 0 aliphatic rings. The molecule has 0 spiro atoms. The molecule has 0 heterocycles. The molecule has 12 heteroatoms. The van der Waals surface area contributed by atoms with Crippen LogP contribution in [0.2, 0.25) is 0 Å². The van der Waals surface area contributed by atoms with Crippen molar-refractivity contribution >= 4 is 43.5 Å². The smallest absolute Gasteiger partial charge is 0.219 e. The molecule has 0 aliphatic carbocycles. The lowest BCUT2D eigenvalue weighted by molar-refractivity contribution is -0.261. The lowest BCUT2D eigenvalue weighted by Gasteiger charge is -2.38. The highest BCUT2D eigenvalue weighted by Gasteiger charge is 2.82. The summed E-state index contributed by atoms with van der Waals surface area (Å²) >= 11 is 6.49. The van der Waals surface area contributed by atoms with Crippen LogP contribution in [0.5, 0.6) is 0 Å². The molecule has 0 saturated heterocycles. The van der Waals surface area contributed by atoms with Gasteiger partial charge in [-0.2, -0.15) is 27.2 Å². The number of rotatable bonds is 3. The molecular weight excluding hydrogens is 433 g/mol. The van der Waals surface area contributed by atoms with Gasteiger partial charge in [0.05, 0.1) is 0 Å². The Kier molecular flexibility index (Phi) is 4.67. The van der Waals surface area contributed by atoms with E-state index in [9.17, 15) is 35.1 Å². The molecule has 0 saturated carbocycles. The van der Waals surface area contributed by atoms with E-state index in [0.29, 0.717) is 0 Å². The number of hydrogen-bond acceptors (Lipinski definition) is 1. The van der Waals surface area contributed by atoms with Gasteiger partial charge >= 0.3 is 21.8 Å². The van der Waals surface area contributed by atoms with E-state index in [2.05, 4.69) is 11.6 Å². The first-order valence-electron chi connectivity index (χ1n) is 3.55. The maximum absolute atomic E-state index is 13.3. The molecule has 0 aromatic heterocycles. The Hall–Kier alpha value is 0.180. The predicted octanol–water partition coefficient (Wildman–Crippen LogP) is 4.73. The number of halogens is 11. The van der Waals surface area contributed by atoms with Crippen molar-refractivity contribution in [2.75, 3.05) is 0 Å². The largest absolute Gasteiger partial charge is 0.441 e. The summed E-state index contributed by atoms with van der Waals surface area (Å²) in [5, 5.41) is 2.30. The van der Waals surface area contributed by atoms with E-state index in [4.69, 9.17) is 5.26 Å². The Bertz CT molecular complexity index is 371. The van der Waals surface area contributed by atoms with E-state index < -0.39 is 26.4 Å². The Balaban J connectivity index is 5.90. The normalized spacial score (nSPS) is 23.4. The highest BCUT2D eigenvalue weighted by atomic mass is 79.9. The molecule has 0 aromatic rings. The number of nitriles is 1. The Labute approximate surface area is 116 Å². The van der Waals surface area contributed by atoms with Crippen LogP contribution in [0.3, 0.4) is 0 Å². The molecule has 18 heavy (non-hydrogen) atoms. The standard InChI is InChI=1S/C6Br2ClF8N/c7-2(10,1-18)5(13,14)3(8,11)4(9,12)6(15,16)17/t2-,3+,4-/m1/s1. The number of nitrogens with zero attached hydrogens (tertiary/aromatic N) is 1. The van der Waals surface area contributed by atoms with E-state index in [1.165, 1.54) is 15.9 Å². The Morgan fingerprint density at radius 2 is 1.22 bits per heavy atom. The van der Waals surface area contributed by atoms with Crippen LogP contribution in [-0.2, 0) is 0 Å². The fourth-order valence-corrected chi connectivity index (χ4v) is 1.80. The van der Waals surface area contributed by atoms with Gasteiger partial charge in [-0.05, 0) is 31.9 Å². The first-order chi connectivity index (χ1) is 7.56. The van der Waals surface area contributed by atoms with Gasteiger partial charge in [0.1, 0.15) is 6.07 Å². The fraction of sp³-hybridized carbons (Fsp3) is 0.833. The van der Waals surface area contributed by atoms with Crippen LogP contribution in [0, 0.1) is 11.3 Å². The second-order valence-corrected chi connectivity index (χ2v) is 5.61. The van der Waals surface area contributed by atoms with Crippen molar-refractivity contribution in [2.24, 2.45) is 0 Å². The van der Waals surface area contributed by atoms with Gasteiger partial charge in [-0.1, -0.05) is 11.6 Å². The molecule has 0 rings (SSSR count). The molecule has 0 aromatic carbocycles. The summed E-state index contributed by atoms with van der Waals surface area (Å²) in [5.74, 6) is -5.80. The van der Waals surface area contributed by atoms with Gasteiger partial charge in [-0.3, -0.25) is 0 Å². The number of hydrogen-bond donors (Lipinski definition) is 0. The van der Waals surface area contributed by atoms with Gasteiger partial charge in [0.25, 0.3) is 4.58 Å². The van der Waals surface area contributed by atoms with Gasteiger partial charge in [-0.25, -0.2) is 13.2 Å². The van der Waals surface area contributed by atoms with E-state index >= 15 is 0 Å². The summed E-state index contributed by atoms with van der Waals surface area (Å²) in [6, 6.07) is 0.149. The summed E-state index contributed by atoms with van der Waals surface area (Å²) < 4.78 is 91.5. The van der Waals surface area contributed by atoms with Crippen molar-refractivity contribution in [1.82, 2.24) is 0 Å². The number of alkyl halides is 11. The SMILES string of the molecule is N#C[C@](F)(Br)C(F)(F)[C@](F)(Br)[C@](F)(Cl)C(F)(F)F. The van der Waals surface area contributed by atoms with Crippen LogP contribution >= 0.6 is 43.5 Å². The molecule has 106 valence electrons. The van der Waals surface area contributed by atoms with Crippen molar-refractivity contribution < 1.29 is 35.1 Å². The minimum atomic E-state index is -6.30. The highest BCUT2D eigenvalue weighted by Crippen LogP contribution is 2.61. The first kappa shape index (κ1) is 18.2. The van der Waals surface area contributed by atoms with Gasteiger partial charge in [-0.15, -0.1) is 0 Å². The molecule has 0 unspecified atom stereocenters. The highest BCUT2D eigenvalue weighted by molar-refractivity contribution is 9.10. The second-order valence-electron chi connectivity index (χ2n) is 2.91. The van der Waals surface area contributed by atoms with E-state index in [1.54, 1.807) is 0 Å². The minimum Gasteiger partial charge on any atom is -0.219 e. The van der Waals surface area contributed by atoms with Crippen molar-refractivity contribution in [3.63, 3.8) is 0 Å². The van der Waals surface area contributed by atoms with Crippen LogP contribution in [0.1, 0.15) is 0 Å². The van der Waals surface area contributed by atoms with Gasteiger partial charge in [0.15, 0.2) is 0 Å². The topological polar surface area (TPSA) is 23.8 Å². The summed E-state index contributed by atoms with van der Waals surface area (Å²) in [5.41, 5.74) is 0. The van der Waals surface area contributed by atoms with Crippen molar-refractivity contribution in [2.45, 2.75) is 26.4 Å². The third kappa shape index (κ3) is 2.43. The first-order valence-corrected chi connectivity index (χ1v) is 5.52. The summed E-state index contributed by atoms with van der Waals surface area (Å²) in [6.45, 7) is 0. The lowest BCUT2D eigenvalue weighted by Crippen LogP contribution is -2.64.